The molecule has 2 aromatic rings. The number of nitrogens with zero attached hydrogens (tertiary/aromatic N) is 2. The lowest BCUT2D eigenvalue weighted by molar-refractivity contribution is -0.136. The molecule has 0 saturated heterocycles. The topological polar surface area (TPSA) is 92.2 Å². The molecular weight excluding hydrogens is 278 g/mol. The van der Waals surface area contributed by atoms with Crippen LogP contribution in [0.15, 0.2) is 36.0 Å². The molecule has 0 aliphatic carbocycles. The summed E-state index contributed by atoms with van der Waals surface area (Å²) in [6.07, 6.45) is 6.14. The molecule has 102 valence electrons. The Balaban J connectivity index is 1.93. The monoisotopic (exact) mass is 289 g/mol. The normalized spacial score (nSPS) is 10.6. The Kier molecular flexibility index (Phi) is 4.56. The zero-order valence-corrected chi connectivity index (χ0v) is 11.1. The second-order valence-corrected chi connectivity index (χ2v) is 4.68. The number of pyridine rings is 1. The third-order valence-electron chi connectivity index (χ3n) is 2.23. The highest BCUT2D eigenvalue weighted by Gasteiger charge is 2.07. The third-order valence-corrected chi connectivity index (χ3v) is 3.03. The second-order valence-electron chi connectivity index (χ2n) is 3.82. The van der Waals surface area contributed by atoms with Crippen LogP contribution in [-0.4, -0.2) is 27.0 Å². The van der Waals surface area contributed by atoms with E-state index in [9.17, 15) is 9.59 Å². The minimum atomic E-state index is -0.954. The molecule has 2 aromatic heterocycles. The van der Waals surface area contributed by atoms with Crippen LogP contribution in [0.5, 0.6) is 0 Å². The van der Waals surface area contributed by atoms with E-state index in [2.05, 4.69) is 15.3 Å². The molecule has 0 fully saturated rings. The Morgan fingerprint density at radius 2 is 2.30 bits per heavy atom. The summed E-state index contributed by atoms with van der Waals surface area (Å²) >= 11 is 1.19. The number of anilines is 1. The van der Waals surface area contributed by atoms with E-state index in [1.54, 1.807) is 29.9 Å². The molecule has 7 heteroatoms. The Labute approximate surface area is 118 Å². The van der Waals surface area contributed by atoms with Crippen molar-refractivity contribution in [2.75, 3.05) is 5.32 Å². The van der Waals surface area contributed by atoms with Crippen LogP contribution in [0.3, 0.4) is 0 Å². The molecule has 2 N–H and O–H groups in total. The van der Waals surface area contributed by atoms with Gasteiger partial charge in [0.05, 0.1) is 12.1 Å². The molecule has 20 heavy (non-hydrogen) atoms. The van der Waals surface area contributed by atoms with Crippen LogP contribution in [0, 0.1) is 0 Å². The fourth-order valence-electron chi connectivity index (χ4n) is 1.39. The quantitative estimate of drug-likeness (QED) is 0.819. The summed E-state index contributed by atoms with van der Waals surface area (Å²) in [6, 6.07) is 3.60. The first-order chi connectivity index (χ1) is 9.63. The van der Waals surface area contributed by atoms with E-state index in [1.807, 2.05) is 6.07 Å². The molecule has 0 saturated carbocycles. The Morgan fingerprint density at radius 3 is 3.00 bits per heavy atom. The highest BCUT2D eigenvalue weighted by molar-refractivity contribution is 7.14. The van der Waals surface area contributed by atoms with Crippen LogP contribution in [0.1, 0.15) is 11.3 Å². The average Bonchev–Trinajstić information content (AvgIpc) is 2.84. The van der Waals surface area contributed by atoms with Crippen molar-refractivity contribution in [3.8, 4) is 0 Å². The average molecular weight is 289 g/mol. The summed E-state index contributed by atoms with van der Waals surface area (Å²) in [5, 5.41) is 13.2. The van der Waals surface area contributed by atoms with Gasteiger partial charge in [0, 0.05) is 23.8 Å². The molecule has 0 aliphatic rings. The van der Waals surface area contributed by atoms with Crippen molar-refractivity contribution < 1.29 is 14.7 Å². The smallest absolute Gasteiger partial charge is 0.309 e. The van der Waals surface area contributed by atoms with Gasteiger partial charge in [-0.15, -0.1) is 11.3 Å². The van der Waals surface area contributed by atoms with Crippen molar-refractivity contribution in [2.45, 2.75) is 6.42 Å². The van der Waals surface area contributed by atoms with Crippen LogP contribution < -0.4 is 5.32 Å². The number of hydrogen-bond acceptors (Lipinski definition) is 5. The highest BCUT2D eigenvalue weighted by Crippen LogP contribution is 2.15. The maximum atomic E-state index is 11.6. The van der Waals surface area contributed by atoms with E-state index in [4.69, 9.17) is 5.11 Å². The van der Waals surface area contributed by atoms with Crippen molar-refractivity contribution >= 4 is 34.4 Å². The lowest BCUT2D eigenvalue weighted by Crippen LogP contribution is -2.08. The number of hydrogen-bond donors (Lipinski definition) is 2. The number of carboxylic acid groups (broad SMARTS) is 1. The number of aromatic nitrogens is 2. The first-order valence-corrected chi connectivity index (χ1v) is 6.57. The molecule has 2 heterocycles. The first kappa shape index (κ1) is 13.9. The van der Waals surface area contributed by atoms with Gasteiger partial charge < -0.3 is 5.11 Å². The predicted octanol–water partition coefficient (Wildman–Crippen LogP) is 1.82. The van der Waals surface area contributed by atoms with Crippen LogP contribution in [-0.2, 0) is 16.0 Å². The van der Waals surface area contributed by atoms with Gasteiger partial charge in [-0.25, -0.2) is 4.98 Å². The van der Waals surface area contributed by atoms with Crippen molar-refractivity contribution in [3.05, 3.63) is 47.2 Å². The van der Waals surface area contributed by atoms with Crippen molar-refractivity contribution in [3.63, 3.8) is 0 Å². The summed E-state index contributed by atoms with van der Waals surface area (Å²) in [5.41, 5.74) is 1.24. The SMILES string of the molecule is O=C(O)Cc1csc(NC(=O)/C=C/c2cccnc2)n1. The molecule has 0 radical (unpaired) electrons. The number of thiazole rings is 1. The minimum absolute atomic E-state index is 0.155. The maximum absolute atomic E-state index is 11.6. The van der Waals surface area contributed by atoms with Gasteiger partial charge in [0.15, 0.2) is 5.13 Å². The Hall–Kier alpha value is -2.54. The Bertz CT molecular complexity index is 637. The number of amides is 1. The van der Waals surface area contributed by atoms with Gasteiger partial charge in [-0.2, -0.15) is 0 Å². The number of nitrogens with one attached hydrogen (secondary N) is 1. The number of carbonyl (C=O) groups excluding carboxylic acids is 1. The van der Waals surface area contributed by atoms with Gasteiger partial charge in [0.1, 0.15) is 0 Å². The molecule has 0 unspecified atom stereocenters. The largest absolute Gasteiger partial charge is 0.481 e. The van der Waals surface area contributed by atoms with Crippen molar-refractivity contribution in [1.29, 1.82) is 0 Å². The molecular formula is C13H11N3O3S. The number of aliphatic carboxylic acids is 1. The minimum Gasteiger partial charge on any atom is -0.481 e. The number of carboxylic acids is 1. The van der Waals surface area contributed by atoms with Gasteiger partial charge in [-0.1, -0.05) is 6.07 Å². The third kappa shape index (κ3) is 4.29. The van der Waals surface area contributed by atoms with E-state index in [0.29, 0.717) is 10.8 Å². The molecule has 0 aromatic carbocycles. The lowest BCUT2D eigenvalue weighted by Gasteiger charge is -1.95. The molecule has 0 atom stereocenters. The van der Waals surface area contributed by atoms with Gasteiger partial charge in [-0.3, -0.25) is 19.9 Å². The number of rotatable bonds is 5. The molecule has 0 spiro atoms. The molecule has 0 bridgehead atoms. The van der Waals surface area contributed by atoms with Crippen molar-refractivity contribution in [1.82, 2.24) is 9.97 Å². The summed E-state index contributed by atoms with van der Waals surface area (Å²) in [5.74, 6) is -1.28. The highest BCUT2D eigenvalue weighted by atomic mass is 32.1. The summed E-state index contributed by atoms with van der Waals surface area (Å²) in [6.45, 7) is 0. The van der Waals surface area contributed by atoms with E-state index >= 15 is 0 Å². The lowest BCUT2D eigenvalue weighted by atomic mass is 10.2. The molecule has 0 aliphatic heterocycles. The van der Waals surface area contributed by atoms with Gasteiger partial charge in [0.25, 0.3) is 0 Å². The Morgan fingerprint density at radius 1 is 1.45 bits per heavy atom. The molecule has 1 amide bonds. The van der Waals surface area contributed by atoms with Crippen LogP contribution in [0.25, 0.3) is 6.08 Å². The standard InChI is InChI=1S/C13H11N3O3S/c17-11(4-3-9-2-1-5-14-7-9)16-13-15-10(8-20-13)6-12(18)19/h1-5,7-8H,6H2,(H,18,19)(H,15,16,17)/b4-3+. The van der Waals surface area contributed by atoms with E-state index in [-0.39, 0.29) is 12.3 Å². The second kappa shape index (κ2) is 6.58. The fraction of sp³-hybridized carbons (Fsp3) is 0.0769. The van der Waals surface area contributed by atoms with E-state index < -0.39 is 5.97 Å². The zero-order valence-electron chi connectivity index (χ0n) is 10.3. The first-order valence-electron chi connectivity index (χ1n) is 5.69. The fourth-order valence-corrected chi connectivity index (χ4v) is 2.11. The van der Waals surface area contributed by atoms with Crippen LogP contribution in [0.2, 0.25) is 0 Å². The van der Waals surface area contributed by atoms with Crippen molar-refractivity contribution in [2.24, 2.45) is 0 Å². The van der Waals surface area contributed by atoms with Gasteiger partial charge in [0.2, 0.25) is 5.91 Å². The van der Waals surface area contributed by atoms with Crippen LogP contribution >= 0.6 is 11.3 Å². The maximum Gasteiger partial charge on any atom is 0.309 e. The van der Waals surface area contributed by atoms with Gasteiger partial charge in [-0.05, 0) is 17.7 Å². The summed E-state index contributed by atoms with van der Waals surface area (Å²) in [4.78, 5) is 30.1. The molecule has 6 nitrogen and oxygen atoms in total. The molecule has 2 rings (SSSR count). The van der Waals surface area contributed by atoms with E-state index in [1.165, 1.54) is 17.4 Å². The van der Waals surface area contributed by atoms with E-state index in [0.717, 1.165) is 5.56 Å². The van der Waals surface area contributed by atoms with Crippen LogP contribution in [0.4, 0.5) is 5.13 Å². The summed E-state index contributed by atoms with van der Waals surface area (Å²) in [7, 11) is 0. The summed E-state index contributed by atoms with van der Waals surface area (Å²) < 4.78 is 0. The zero-order chi connectivity index (χ0) is 14.4. The predicted molar refractivity (Wildman–Crippen MR) is 75.4 cm³/mol. The number of carbonyl (C=O) groups is 2. The van der Waals surface area contributed by atoms with Gasteiger partial charge >= 0.3 is 5.97 Å².